The van der Waals surface area contributed by atoms with E-state index in [1.807, 2.05) is 0 Å². The Bertz CT molecular complexity index is 4130. The third-order valence-electron chi connectivity index (χ3n) is 18.8. The molecule has 0 N–H and O–H groups in total. The molecule has 3 unspecified atom stereocenters. The van der Waals surface area contributed by atoms with Gasteiger partial charge in [-0.15, -0.1) is 0 Å². The summed E-state index contributed by atoms with van der Waals surface area (Å²) in [5.74, 6) is 1.79. The van der Waals surface area contributed by atoms with Crippen LogP contribution < -0.4 is 9.64 Å². The number of anilines is 3. The third kappa shape index (κ3) is 8.88. The Morgan fingerprint density at radius 2 is 0.963 bits per heavy atom. The number of hydrogen-bond acceptors (Lipinski definition) is 2. The molecule has 3 aliphatic carbocycles. The SMILES string of the molecule is CCC(CC(C)c1ccc(COc2ccc(C3(c4ccc(C)cc4)c4ccccc4-c4ccc(N(c5ccc(-c6ccccc6)cc5)c5ccc6c(c5)C(C)(C)c5ccccc5-6)cc43)cc2)cc1)c1ccc(-c2ccc3c(c2)CC3)cc1. The zero-order chi connectivity index (χ0) is 55.5. The second kappa shape index (κ2) is 20.8. The monoisotopic (exact) mass is 1060 g/mol. The van der Waals surface area contributed by atoms with Crippen LogP contribution in [0.25, 0.3) is 44.5 Å². The normalized spacial score (nSPS) is 15.7. The Morgan fingerprint density at radius 3 is 1.62 bits per heavy atom. The Kier molecular flexibility index (Phi) is 13.0. The molecule has 400 valence electrons. The van der Waals surface area contributed by atoms with E-state index in [4.69, 9.17) is 4.74 Å². The van der Waals surface area contributed by atoms with Crippen LogP contribution >= 0.6 is 0 Å². The second-order valence-electron chi connectivity index (χ2n) is 23.9. The molecule has 2 heteroatoms. The summed E-state index contributed by atoms with van der Waals surface area (Å²) in [7, 11) is 0. The predicted molar refractivity (Wildman–Crippen MR) is 342 cm³/mol. The number of aryl methyl sites for hydroxylation is 3. The fourth-order valence-corrected chi connectivity index (χ4v) is 14.0. The molecule has 0 amide bonds. The van der Waals surface area contributed by atoms with Crippen LogP contribution in [0.5, 0.6) is 5.75 Å². The van der Waals surface area contributed by atoms with Crippen LogP contribution in [0, 0.1) is 6.92 Å². The van der Waals surface area contributed by atoms with Gasteiger partial charge < -0.3 is 9.64 Å². The van der Waals surface area contributed by atoms with Crippen molar-refractivity contribution < 1.29 is 4.74 Å². The molecule has 0 aromatic heterocycles. The summed E-state index contributed by atoms with van der Waals surface area (Å²) in [6.45, 7) is 12.1. The van der Waals surface area contributed by atoms with Crippen LogP contribution in [-0.2, 0) is 30.3 Å². The zero-order valence-corrected chi connectivity index (χ0v) is 47.8. The number of rotatable bonds is 15. The number of ether oxygens (including phenoxy) is 1. The summed E-state index contributed by atoms with van der Waals surface area (Å²) < 4.78 is 6.65. The summed E-state index contributed by atoms with van der Waals surface area (Å²) in [4.78, 5) is 2.47. The van der Waals surface area contributed by atoms with Crippen molar-refractivity contribution >= 4 is 17.1 Å². The van der Waals surface area contributed by atoms with Crippen molar-refractivity contribution in [2.45, 2.75) is 89.6 Å². The molecule has 0 saturated carbocycles. The van der Waals surface area contributed by atoms with Gasteiger partial charge in [0.1, 0.15) is 12.4 Å². The van der Waals surface area contributed by atoms with Crippen molar-refractivity contribution in [2.24, 2.45) is 0 Å². The molecule has 0 spiro atoms. The lowest BCUT2D eigenvalue weighted by molar-refractivity contribution is 0.306. The van der Waals surface area contributed by atoms with E-state index in [-0.39, 0.29) is 5.41 Å². The molecule has 82 heavy (non-hydrogen) atoms. The summed E-state index contributed by atoms with van der Waals surface area (Å²) in [6, 6.07) is 95.8. The first-order valence-electron chi connectivity index (χ1n) is 29.7. The maximum atomic E-state index is 6.65. The van der Waals surface area contributed by atoms with Gasteiger partial charge in [0, 0.05) is 22.5 Å². The van der Waals surface area contributed by atoms with Gasteiger partial charge in [-0.3, -0.25) is 0 Å². The van der Waals surface area contributed by atoms with Gasteiger partial charge in [0.15, 0.2) is 0 Å². The molecule has 11 aromatic carbocycles. The van der Waals surface area contributed by atoms with Gasteiger partial charge in [-0.2, -0.15) is 0 Å². The topological polar surface area (TPSA) is 12.5 Å². The molecule has 3 aliphatic rings. The highest BCUT2D eigenvalue weighted by molar-refractivity contribution is 5.91. The van der Waals surface area contributed by atoms with Crippen LogP contribution in [-0.4, -0.2) is 0 Å². The predicted octanol–water partition coefficient (Wildman–Crippen LogP) is 20.8. The standard InChI is InChI=1S/C80H69NO/c1-6-56(59-26-28-61(29-27-59)63-32-30-62-31-33-64(62)49-63)48-54(3)57-24-22-55(23-25-57)52-82-70-44-38-66(39-45-70)80(65-36-20-53(2)21-37-65)76-19-13-11-17-72(76)74-47-43-69(51-78(74)80)81(67-40-34-60(35-41-67)58-14-8-7-9-15-58)68-42-46-73-71-16-10-12-18-75(71)79(4,5)77(73)50-68/h7-30,32,34-47,49-51,54,56H,6,31,33,48,52H2,1-5H3. The van der Waals surface area contributed by atoms with E-state index < -0.39 is 5.41 Å². The van der Waals surface area contributed by atoms with Gasteiger partial charge in [0.25, 0.3) is 0 Å². The summed E-state index contributed by atoms with van der Waals surface area (Å²) in [6.07, 6.45) is 4.67. The number of fused-ring (bicyclic) bond motifs is 7. The molecule has 0 fully saturated rings. The minimum Gasteiger partial charge on any atom is -0.489 e. The van der Waals surface area contributed by atoms with Crippen LogP contribution in [0.3, 0.4) is 0 Å². The maximum absolute atomic E-state index is 6.65. The van der Waals surface area contributed by atoms with Crippen LogP contribution in [0.2, 0.25) is 0 Å². The van der Waals surface area contributed by atoms with Gasteiger partial charge in [-0.1, -0.05) is 240 Å². The Morgan fingerprint density at radius 1 is 0.439 bits per heavy atom. The first-order chi connectivity index (χ1) is 40.1. The minimum atomic E-state index is -0.617. The lowest BCUT2D eigenvalue weighted by Crippen LogP contribution is -2.29. The highest BCUT2D eigenvalue weighted by Crippen LogP contribution is 2.58. The van der Waals surface area contributed by atoms with E-state index in [9.17, 15) is 0 Å². The molecule has 0 aliphatic heterocycles. The molecule has 0 bridgehead atoms. The van der Waals surface area contributed by atoms with E-state index in [1.165, 1.54) is 119 Å². The Hall–Kier alpha value is -8.98. The second-order valence-corrected chi connectivity index (χ2v) is 23.9. The molecule has 2 nitrogen and oxygen atoms in total. The van der Waals surface area contributed by atoms with Crippen molar-refractivity contribution in [3.05, 3.63) is 322 Å². The van der Waals surface area contributed by atoms with Gasteiger partial charge in [0.2, 0.25) is 0 Å². The number of hydrogen-bond donors (Lipinski definition) is 0. The highest BCUT2D eigenvalue weighted by Gasteiger charge is 2.46. The van der Waals surface area contributed by atoms with Crippen molar-refractivity contribution in [3.63, 3.8) is 0 Å². The molecule has 0 radical (unpaired) electrons. The van der Waals surface area contributed by atoms with Crippen LogP contribution in [0.4, 0.5) is 17.1 Å². The van der Waals surface area contributed by atoms with Crippen LogP contribution in [0.1, 0.15) is 119 Å². The van der Waals surface area contributed by atoms with Crippen molar-refractivity contribution in [1.29, 1.82) is 0 Å². The van der Waals surface area contributed by atoms with Crippen molar-refractivity contribution in [1.82, 2.24) is 0 Å². The number of benzene rings is 11. The summed E-state index contributed by atoms with van der Waals surface area (Å²) in [5.41, 5.74) is 28.7. The first-order valence-corrected chi connectivity index (χ1v) is 29.7. The fourth-order valence-electron chi connectivity index (χ4n) is 14.0. The largest absolute Gasteiger partial charge is 0.489 e. The average Bonchev–Trinajstić information content (AvgIpc) is 1.89. The lowest BCUT2D eigenvalue weighted by atomic mass is 9.67. The van der Waals surface area contributed by atoms with Gasteiger partial charge in [-0.05, 0) is 199 Å². The van der Waals surface area contributed by atoms with E-state index in [0.717, 1.165) is 41.2 Å². The Labute approximate surface area is 485 Å². The third-order valence-corrected chi connectivity index (χ3v) is 18.8. The zero-order valence-electron chi connectivity index (χ0n) is 47.8. The maximum Gasteiger partial charge on any atom is 0.119 e. The van der Waals surface area contributed by atoms with E-state index in [2.05, 4.69) is 294 Å². The van der Waals surface area contributed by atoms with Crippen molar-refractivity contribution in [2.75, 3.05) is 4.90 Å². The molecule has 0 heterocycles. The summed E-state index contributed by atoms with van der Waals surface area (Å²) in [5, 5.41) is 0. The molecule has 0 saturated heterocycles. The van der Waals surface area contributed by atoms with Gasteiger partial charge in [-0.25, -0.2) is 0 Å². The number of nitrogens with zero attached hydrogens (tertiary/aromatic N) is 1. The van der Waals surface area contributed by atoms with E-state index in [1.54, 1.807) is 0 Å². The fraction of sp³-hybridized carbons (Fsp3) is 0.175. The molecule has 3 atom stereocenters. The minimum absolute atomic E-state index is 0.152. The molecule has 14 rings (SSSR count). The van der Waals surface area contributed by atoms with E-state index >= 15 is 0 Å². The smallest absolute Gasteiger partial charge is 0.119 e. The highest BCUT2D eigenvalue weighted by atomic mass is 16.5. The van der Waals surface area contributed by atoms with E-state index in [0.29, 0.717) is 18.4 Å². The molecular weight excluding hydrogens is 991 g/mol. The quantitative estimate of drug-likeness (QED) is 0.101. The lowest BCUT2D eigenvalue weighted by Gasteiger charge is -2.35. The van der Waals surface area contributed by atoms with Crippen molar-refractivity contribution in [3.8, 4) is 50.3 Å². The Balaban J connectivity index is 0.771. The average molecular weight is 1060 g/mol. The van der Waals surface area contributed by atoms with Gasteiger partial charge >= 0.3 is 0 Å². The molecular formula is C80H69NO. The van der Waals surface area contributed by atoms with Crippen LogP contribution in [0.15, 0.2) is 255 Å². The first kappa shape index (κ1) is 51.2. The molecule has 11 aromatic rings. The summed E-state index contributed by atoms with van der Waals surface area (Å²) >= 11 is 0. The van der Waals surface area contributed by atoms with Gasteiger partial charge in [0.05, 0.1) is 5.41 Å².